The molecule has 0 amide bonds. The maximum atomic E-state index is 5.94. The van der Waals surface area contributed by atoms with Crippen molar-refractivity contribution in [3.05, 3.63) is 28.2 Å². The summed E-state index contributed by atoms with van der Waals surface area (Å²) in [5, 5.41) is 0. The van der Waals surface area contributed by atoms with Gasteiger partial charge in [0.2, 0.25) is 0 Å². The molecule has 0 bridgehead atoms. The molecule has 100 valence electrons. The average molecular weight is 311 g/mol. The van der Waals surface area contributed by atoms with E-state index in [9.17, 15) is 0 Å². The highest BCUT2D eigenvalue weighted by molar-refractivity contribution is 9.10. The van der Waals surface area contributed by atoms with E-state index in [1.807, 2.05) is 6.92 Å². The summed E-state index contributed by atoms with van der Waals surface area (Å²) in [5.74, 6) is 1.61. The number of hydrogen-bond acceptors (Lipinski definition) is 2. The summed E-state index contributed by atoms with van der Waals surface area (Å²) in [4.78, 5) is 2.49. The third-order valence-corrected chi connectivity index (χ3v) is 4.86. The molecule has 1 aromatic rings. The van der Waals surface area contributed by atoms with E-state index in [-0.39, 0.29) is 6.04 Å². The van der Waals surface area contributed by atoms with Gasteiger partial charge in [0.05, 0.1) is 0 Å². The number of benzene rings is 1. The second-order valence-electron chi connectivity index (χ2n) is 5.68. The Morgan fingerprint density at radius 1 is 1.33 bits per heavy atom. The topological polar surface area (TPSA) is 29.3 Å². The summed E-state index contributed by atoms with van der Waals surface area (Å²) in [6.45, 7) is 9.05. The molecule has 1 aromatic carbocycles. The van der Waals surface area contributed by atoms with Crippen molar-refractivity contribution in [1.29, 1.82) is 0 Å². The molecule has 3 heteroatoms. The molecule has 1 aliphatic rings. The van der Waals surface area contributed by atoms with Crippen molar-refractivity contribution in [3.63, 3.8) is 0 Å². The fourth-order valence-corrected chi connectivity index (χ4v) is 3.31. The maximum absolute atomic E-state index is 5.94. The molecule has 1 fully saturated rings. The van der Waals surface area contributed by atoms with E-state index in [1.54, 1.807) is 0 Å². The molecule has 0 radical (unpaired) electrons. The number of halogens is 1. The third-order valence-electron chi connectivity index (χ3n) is 4.17. The van der Waals surface area contributed by atoms with Gasteiger partial charge in [-0.05, 0) is 42.9 Å². The van der Waals surface area contributed by atoms with E-state index >= 15 is 0 Å². The van der Waals surface area contributed by atoms with Crippen LogP contribution >= 0.6 is 15.9 Å². The molecular formula is C15H23BrN2. The number of nitrogens with two attached hydrogens (primary N) is 1. The molecule has 0 saturated carbocycles. The molecule has 0 aliphatic carbocycles. The van der Waals surface area contributed by atoms with Crippen LogP contribution in [0.3, 0.4) is 0 Å². The third kappa shape index (κ3) is 2.89. The first kappa shape index (κ1) is 13.9. The number of nitrogens with zero attached hydrogens (tertiary/aromatic N) is 1. The van der Waals surface area contributed by atoms with E-state index < -0.39 is 0 Å². The Kier molecular flexibility index (Phi) is 4.33. The second kappa shape index (κ2) is 5.62. The van der Waals surface area contributed by atoms with Crippen molar-refractivity contribution >= 4 is 21.6 Å². The van der Waals surface area contributed by atoms with Crippen LogP contribution in [0.1, 0.15) is 38.8 Å². The predicted molar refractivity (Wildman–Crippen MR) is 81.9 cm³/mol. The van der Waals surface area contributed by atoms with Crippen LogP contribution in [0, 0.1) is 11.8 Å². The number of hydrogen-bond donors (Lipinski definition) is 1. The van der Waals surface area contributed by atoms with Gasteiger partial charge in [-0.15, -0.1) is 0 Å². The van der Waals surface area contributed by atoms with Gasteiger partial charge in [0.1, 0.15) is 0 Å². The van der Waals surface area contributed by atoms with E-state index in [4.69, 9.17) is 5.73 Å². The van der Waals surface area contributed by atoms with Crippen LogP contribution in [0.5, 0.6) is 0 Å². The highest BCUT2D eigenvalue weighted by atomic mass is 79.9. The predicted octanol–water partition coefficient (Wildman–Crippen LogP) is 3.95. The smallest absolute Gasteiger partial charge is 0.0377 e. The van der Waals surface area contributed by atoms with Crippen LogP contribution in [0.2, 0.25) is 0 Å². The Hall–Kier alpha value is -0.540. The van der Waals surface area contributed by atoms with Crippen molar-refractivity contribution in [2.45, 2.75) is 33.2 Å². The van der Waals surface area contributed by atoms with Crippen molar-refractivity contribution in [3.8, 4) is 0 Å². The fraction of sp³-hybridized carbons (Fsp3) is 0.600. The van der Waals surface area contributed by atoms with E-state index in [1.165, 1.54) is 17.7 Å². The second-order valence-corrected chi connectivity index (χ2v) is 6.54. The zero-order valence-electron chi connectivity index (χ0n) is 11.5. The van der Waals surface area contributed by atoms with Crippen molar-refractivity contribution < 1.29 is 0 Å². The van der Waals surface area contributed by atoms with Gasteiger partial charge in [0.25, 0.3) is 0 Å². The quantitative estimate of drug-likeness (QED) is 0.896. The van der Waals surface area contributed by atoms with Gasteiger partial charge < -0.3 is 10.6 Å². The standard InChI is InChI=1S/C15H23BrN2/c1-10-6-7-18(9-11(10)2)13-4-5-14(12(3)17)15(16)8-13/h4-5,8,10-12H,6-7,9,17H2,1-3H3/t10?,11?,12-/m0/s1. The fourth-order valence-electron chi connectivity index (χ4n) is 2.58. The molecular weight excluding hydrogens is 288 g/mol. The molecule has 3 atom stereocenters. The lowest BCUT2D eigenvalue weighted by atomic mass is 9.88. The normalized spacial score (nSPS) is 26.2. The Balaban J connectivity index is 2.17. The number of piperidine rings is 1. The summed E-state index contributed by atoms with van der Waals surface area (Å²) in [6.07, 6.45) is 1.29. The molecule has 2 unspecified atom stereocenters. The van der Waals surface area contributed by atoms with Gasteiger partial charge in [-0.25, -0.2) is 0 Å². The van der Waals surface area contributed by atoms with Crippen molar-refractivity contribution in [2.75, 3.05) is 18.0 Å². The lowest BCUT2D eigenvalue weighted by molar-refractivity contribution is 0.324. The highest BCUT2D eigenvalue weighted by Gasteiger charge is 2.23. The Bertz CT molecular complexity index is 417. The first-order valence-corrected chi connectivity index (χ1v) is 7.58. The molecule has 1 heterocycles. The van der Waals surface area contributed by atoms with Gasteiger partial charge in [-0.3, -0.25) is 0 Å². The average Bonchev–Trinajstić information content (AvgIpc) is 2.32. The zero-order valence-corrected chi connectivity index (χ0v) is 13.1. The van der Waals surface area contributed by atoms with Gasteiger partial charge in [0, 0.05) is 29.3 Å². The van der Waals surface area contributed by atoms with Gasteiger partial charge in [0.15, 0.2) is 0 Å². The zero-order chi connectivity index (χ0) is 13.3. The Morgan fingerprint density at radius 3 is 2.61 bits per heavy atom. The van der Waals surface area contributed by atoms with Crippen LogP contribution in [-0.4, -0.2) is 13.1 Å². The Morgan fingerprint density at radius 2 is 2.06 bits per heavy atom. The lowest BCUT2D eigenvalue weighted by Gasteiger charge is -2.37. The largest absolute Gasteiger partial charge is 0.371 e. The summed E-state index contributed by atoms with van der Waals surface area (Å²) in [6, 6.07) is 6.63. The highest BCUT2D eigenvalue weighted by Crippen LogP contribution is 2.31. The SMILES string of the molecule is CC1CCN(c2ccc([C@H](C)N)c(Br)c2)CC1C. The molecule has 2 N–H and O–H groups in total. The lowest BCUT2D eigenvalue weighted by Crippen LogP contribution is -2.38. The molecule has 2 rings (SSSR count). The van der Waals surface area contributed by atoms with Crippen LogP contribution in [-0.2, 0) is 0 Å². The first-order chi connectivity index (χ1) is 8.49. The minimum absolute atomic E-state index is 0.0775. The minimum Gasteiger partial charge on any atom is -0.371 e. The molecule has 0 spiro atoms. The molecule has 1 aliphatic heterocycles. The van der Waals surface area contributed by atoms with E-state index in [0.29, 0.717) is 0 Å². The summed E-state index contributed by atoms with van der Waals surface area (Å²) in [5.41, 5.74) is 8.43. The van der Waals surface area contributed by atoms with Gasteiger partial charge in [-0.1, -0.05) is 35.8 Å². The first-order valence-electron chi connectivity index (χ1n) is 6.79. The van der Waals surface area contributed by atoms with Gasteiger partial charge in [-0.2, -0.15) is 0 Å². The minimum atomic E-state index is 0.0775. The van der Waals surface area contributed by atoms with Crippen LogP contribution < -0.4 is 10.6 Å². The molecule has 2 nitrogen and oxygen atoms in total. The maximum Gasteiger partial charge on any atom is 0.0377 e. The molecule has 0 aromatic heterocycles. The van der Waals surface area contributed by atoms with Crippen molar-refractivity contribution in [2.24, 2.45) is 17.6 Å². The number of anilines is 1. The number of rotatable bonds is 2. The van der Waals surface area contributed by atoms with Crippen molar-refractivity contribution in [1.82, 2.24) is 0 Å². The van der Waals surface area contributed by atoms with E-state index in [2.05, 4.69) is 52.9 Å². The molecule has 1 saturated heterocycles. The summed E-state index contributed by atoms with van der Waals surface area (Å²) >= 11 is 3.63. The van der Waals surface area contributed by atoms with Gasteiger partial charge >= 0.3 is 0 Å². The van der Waals surface area contributed by atoms with Crippen LogP contribution in [0.15, 0.2) is 22.7 Å². The Labute approximate surface area is 119 Å². The molecule has 18 heavy (non-hydrogen) atoms. The van der Waals surface area contributed by atoms with Crippen LogP contribution in [0.4, 0.5) is 5.69 Å². The summed E-state index contributed by atoms with van der Waals surface area (Å²) in [7, 11) is 0. The van der Waals surface area contributed by atoms with Crippen LogP contribution in [0.25, 0.3) is 0 Å². The summed E-state index contributed by atoms with van der Waals surface area (Å²) < 4.78 is 1.13. The monoisotopic (exact) mass is 310 g/mol. The van der Waals surface area contributed by atoms with E-state index in [0.717, 1.165) is 29.4 Å².